The van der Waals surface area contributed by atoms with E-state index in [1.165, 1.54) is 0 Å². The van der Waals surface area contributed by atoms with Crippen molar-refractivity contribution in [3.05, 3.63) is 18.8 Å². The molecule has 34 valence electrons. The van der Waals surface area contributed by atoms with Crippen LogP contribution in [-0.4, -0.2) is 0 Å². The van der Waals surface area contributed by atoms with Crippen molar-refractivity contribution in [3.8, 4) is 0 Å². The Labute approximate surface area is 43.5 Å². The van der Waals surface area contributed by atoms with Crippen LogP contribution in [0.4, 0.5) is 0 Å². The van der Waals surface area contributed by atoms with Crippen molar-refractivity contribution in [2.24, 2.45) is 0 Å². The van der Waals surface area contributed by atoms with E-state index in [1.54, 1.807) is 6.08 Å². The fraction of sp³-hybridized carbons (Fsp3) is 0.333. The topological polar surface area (TPSA) is 33.5 Å². The fourth-order valence-corrected chi connectivity index (χ4v) is 0. The molecule has 0 heterocycles. The molecular formula is C3H8FeN-. The van der Waals surface area contributed by atoms with Gasteiger partial charge in [-0.05, 0) is 6.92 Å². The molecule has 2 heteroatoms. The Hall–Kier alpha value is 0.219. The molecular weight excluding hydrogens is 106 g/mol. The van der Waals surface area contributed by atoms with Crippen LogP contribution in [0.15, 0.2) is 12.7 Å². The van der Waals surface area contributed by atoms with Crippen molar-refractivity contribution in [3.63, 3.8) is 0 Å². The molecule has 2 N–H and O–H groups in total. The van der Waals surface area contributed by atoms with Crippen LogP contribution < -0.4 is 0 Å². The Morgan fingerprint density at radius 3 is 1.60 bits per heavy atom. The predicted molar refractivity (Wildman–Crippen MR) is 21.2 cm³/mol. The van der Waals surface area contributed by atoms with Crippen LogP contribution in [0.1, 0.15) is 6.92 Å². The molecule has 0 aromatic heterocycles. The minimum atomic E-state index is 0. The zero-order valence-corrected chi connectivity index (χ0v) is 4.32. The van der Waals surface area contributed by atoms with E-state index >= 15 is 0 Å². The first-order valence-corrected chi connectivity index (χ1v) is 0.986. The molecule has 0 fully saturated rings. The molecule has 0 aliphatic heterocycles. The van der Waals surface area contributed by atoms with Crippen molar-refractivity contribution in [1.82, 2.24) is 0 Å². The monoisotopic (exact) mass is 114 g/mol. The van der Waals surface area contributed by atoms with Gasteiger partial charge < -0.3 is 6.15 Å². The largest absolute Gasteiger partial charge is 0.693 e. The first kappa shape index (κ1) is 18.9. The van der Waals surface area contributed by atoms with Crippen LogP contribution in [0.2, 0.25) is 0 Å². The second kappa shape index (κ2) is 29.4. The standard InChI is InChI=1S/C3H6.Fe.H2N/c1-3-2;;/h3H,1H2,2H3;;1H2/q;;-1. The SMILES string of the molecule is C=CC.[Fe].[NH2-]. The van der Waals surface area contributed by atoms with Gasteiger partial charge in [0, 0.05) is 17.1 Å². The number of nitrogens with two attached hydrogens (primary N) is 1. The molecule has 0 aromatic carbocycles. The van der Waals surface area contributed by atoms with Crippen molar-refractivity contribution >= 4 is 0 Å². The van der Waals surface area contributed by atoms with E-state index in [2.05, 4.69) is 6.58 Å². The molecule has 0 saturated heterocycles. The van der Waals surface area contributed by atoms with Gasteiger partial charge in [0.15, 0.2) is 0 Å². The smallest absolute Gasteiger partial charge is 0 e. The van der Waals surface area contributed by atoms with E-state index in [9.17, 15) is 0 Å². The van der Waals surface area contributed by atoms with Crippen LogP contribution in [0.3, 0.4) is 0 Å². The van der Waals surface area contributed by atoms with Gasteiger partial charge >= 0.3 is 0 Å². The molecule has 0 atom stereocenters. The van der Waals surface area contributed by atoms with Gasteiger partial charge in [0.2, 0.25) is 0 Å². The summed E-state index contributed by atoms with van der Waals surface area (Å²) in [6.45, 7) is 5.25. The summed E-state index contributed by atoms with van der Waals surface area (Å²) in [6, 6.07) is 0. The van der Waals surface area contributed by atoms with Crippen molar-refractivity contribution < 1.29 is 17.1 Å². The molecule has 0 aliphatic carbocycles. The summed E-state index contributed by atoms with van der Waals surface area (Å²) in [6.07, 6.45) is 1.75. The third-order valence-corrected chi connectivity index (χ3v) is 0. The predicted octanol–water partition coefficient (Wildman–Crippen LogP) is 1.91. The van der Waals surface area contributed by atoms with Gasteiger partial charge in [-0.3, -0.25) is 0 Å². The average Bonchev–Trinajstić information content (AvgIpc) is 0.918. The van der Waals surface area contributed by atoms with Gasteiger partial charge in [-0.1, -0.05) is 6.08 Å². The molecule has 0 bridgehead atoms. The normalized spacial score (nSPS) is 2.60. The molecule has 5 heavy (non-hydrogen) atoms. The summed E-state index contributed by atoms with van der Waals surface area (Å²) >= 11 is 0. The minimum absolute atomic E-state index is 0. The van der Waals surface area contributed by atoms with E-state index in [0.29, 0.717) is 0 Å². The van der Waals surface area contributed by atoms with Crippen LogP contribution in [0.25, 0.3) is 6.15 Å². The third-order valence-electron chi connectivity index (χ3n) is 0. The first-order chi connectivity index (χ1) is 1.41. The molecule has 0 spiro atoms. The summed E-state index contributed by atoms with van der Waals surface area (Å²) in [5.41, 5.74) is 0. The maximum atomic E-state index is 3.36. The van der Waals surface area contributed by atoms with Crippen LogP contribution >= 0.6 is 0 Å². The number of rotatable bonds is 0. The number of allylic oxidation sites excluding steroid dienone is 1. The van der Waals surface area contributed by atoms with E-state index in [1.807, 2.05) is 6.92 Å². The van der Waals surface area contributed by atoms with Crippen LogP contribution in [-0.2, 0) is 17.1 Å². The summed E-state index contributed by atoms with van der Waals surface area (Å²) < 4.78 is 0. The molecule has 0 unspecified atom stereocenters. The van der Waals surface area contributed by atoms with Gasteiger partial charge in [0.25, 0.3) is 0 Å². The molecule has 0 rings (SSSR count). The van der Waals surface area contributed by atoms with Crippen LogP contribution in [0, 0.1) is 0 Å². The molecule has 0 amide bonds. The first-order valence-electron chi connectivity index (χ1n) is 0.986. The average molecular weight is 114 g/mol. The summed E-state index contributed by atoms with van der Waals surface area (Å²) in [5.74, 6) is 0. The van der Waals surface area contributed by atoms with Gasteiger partial charge in [0.05, 0.1) is 0 Å². The molecule has 0 radical (unpaired) electrons. The van der Waals surface area contributed by atoms with Gasteiger partial charge in [0.1, 0.15) is 0 Å². The van der Waals surface area contributed by atoms with Crippen molar-refractivity contribution in [1.29, 1.82) is 0 Å². The maximum Gasteiger partial charge on any atom is 0 e. The second-order valence-electron chi connectivity index (χ2n) is 0.408. The van der Waals surface area contributed by atoms with Gasteiger partial charge in [-0.15, -0.1) is 6.58 Å². The fourth-order valence-electron chi connectivity index (χ4n) is 0. The summed E-state index contributed by atoms with van der Waals surface area (Å²) in [5, 5.41) is 0. The Morgan fingerprint density at radius 1 is 1.60 bits per heavy atom. The van der Waals surface area contributed by atoms with E-state index in [4.69, 9.17) is 0 Å². The van der Waals surface area contributed by atoms with E-state index in [-0.39, 0.29) is 23.2 Å². The summed E-state index contributed by atoms with van der Waals surface area (Å²) in [4.78, 5) is 0. The number of hydrogen-bond donors (Lipinski definition) is 0. The zero-order valence-electron chi connectivity index (χ0n) is 3.22. The second-order valence-corrected chi connectivity index (χ2v) is 0.408. The maximum absolute atomic E-state index is 3.36. The Balaban J connectivity index is -0.0000000200. The Bertz CT molecular complexity index is 14.4. The molecule has 1 nitrogen and oxygen atoms in total. The molecule has 0 saturated carbocycles. The third kappa shape index (κ3) is 431. The summed E-state index contributed by atoms with van der Waals surface area (Å²) in [7, 11) is 0. The van der Waals surface area contributed by atoms with Crippen molar-refractivity contribution in [2.45, 2.75) is 6.92 Å². The van der Waals surface area contributed by atoms with Crippen molar-refractivity contribution in [2.75, 3.05) is 0 Å². The molecule has 0 aliphatic rings. The number of hydrogen-bond acceptors (Lipinski definition) is 0. The van der Waals surface area contributed by atoms with E-state index < -0.39 is 0 Å². The van der Waals surface area contributed by atoms with Gasteiger partial charge in [-0.25, -0.2) is 0 Å². The zero-order chi connectivity index (χ0) is 2.71. The molecule has 0 aromatic rings. The minimum Gasteiger partial charge on any atom is -0.693 e. The Kier molecular flexibility index (Phi) is 111. The van der Waals surface area contributed by atoms with Gasteiger partial charge in [-0.2, -0.15) is 0 Å². The quantitative estimate of drug-likeness (QED) is 0.340. The van der Waals surface area contributed by atoms with Crippen LogP contribution in [0.5, 0.6) is 0 Å². The van der Waals surface area contributed by atoms with E-state index in [0.717, 1.165) is 0 Å². The Morgan fingerprint density at radius 2 is 1.60 bits per heavy atom.